The molecule has 9 heteroatoms. The summed E-state index contributed by atoms with van der Waals surface area (Å²) >= 11 is 1.57. The third kappa shape index (κ3) is 6.30. The predicted octanol–water partition coefficient (Wildman–Crippen LogP) is 4.48. The molecular formula is C29H33N3O4S2. The monoisotopic (exact) mass is 551 g/mol. The van der Waals surface area contributed by atoms with Crippen LogP contribution in [0.2, 0.25) is 0 Å². The number of fused-ring (bicyclic) bond motifs is 3. The fourth-order valence-corrected chi connectivity index (χ4v) is 7.58. The highest BCUT2D eigenvalue weighted by Gasteiger charge is 2.33. The molecule has 2 amide bonds. The molecule has 4 rings (SSSR count). The van der Waals surface area contributed by atoms with Crippen LogP contribution >= 0.6 is 22.2 Å². The second kappa shape index (κ2) is 13.1. The number of amides is 2. The van der Waals surface area contributed by atoms with Gasteiger partial charge in [-0.1, -0.05) is 53.9 Å². The summed E-state index contributed by atoms with van der Waals surface area (Å²) in [4.78, 5) is 38.8. The van der Waals surface area contributed by atoms with Crippen molar-refractivity contribution < 1.29 is 19.1 Å². The maximum atomic E-state index is 13.2. The molecule has 0 saturated carbocycles. The highest BCUT2D eigenvalue weighted by molar-refractivity contribution is 8.16. The van der Waals surface area contributed by atoms with Gasteiger partial charge in [-0.3, -0.25) is 9.59 Å². The Morgan fingerprint density at radius 2 is 1.76 bits per heavy atom. The quantitative estimate of drug-likeness (QED) is 0.399. The van der Waals surface area contributed by atoms with Gasteiger partial charge in [-0.05, 0) is 66.2 Å². The molecule has 2 aliphatic rings. The van der Waals surface area contributed by atoms with Crippen LogP contribution in [0.5, 0.6) is 0 Å². The Morgan fingerprint density at radius 3 is 2.34 bits per heavy atom. The van der Waals surface area contributed by atoms with Gasteiger partial charge in [0.05, 0.1) is 12.1 Å². The minimum Gasteiger partial charge on any atom is -0.449 e. The molecule has 0 aromatic heterocycles. The minimum absolute atomic E-state index is 0.0815. The van der Waals surface area contributed by atoms with E-state index in [2.05, 4.69) is 34.2 Å². The number of rotatable bonds is 11. The van der Waals surface area contributed by atoms with Crippen LogP contribution in [0.25, 0.3) is 11.1 Å². The van der Waals surface area contributed by atoms with Crippen molar-refractivity contribution in [3.8, 4) is 17.2 Å². The van der Waals surface area contributed by atoms with Crippen molar-refractivity contribution >= 4 is 45.4 Å². The highest BCUT2D eigenvalue weighted by Crippen LogP contribution is 2.44. The van der Waals surface area contributed by atoms with E-state index in [1.54, 1.807) is 18.7 Å². The van der Waals surface area contributed by atoms with E-state index < -0.39 is 29.3 Å². The van der Waals surface area contributed by atoms with Crippen LogP contribution in [0.1, 0.15) is 43.2 Å². The molecule has 0 radical (unpaired) electrons. The first-order valence-electron chi connectivity index (χ1n) is 12.8. The first-order valence-corrected chi connectivity index (χ1v) is 15.7. The first-order chi connectivity index (χ1) is 18.4. The van der Waals surface area contributed by atoms with Gasteiger partial charge in [0.25, 0.3) is 0 Å². The number of carbonyl (C=O) groups excluding carboxylic acids is 3. The SMILES string of the molecule is CSCC[C@H](NC(=O)[C@H](C)NC(=O)OCC1c2ccccc2-c2ccccc21)C(=O)C(C#N)S1=CCCC1. The van der Waals surface area contributed by atoms with E-state index in [0.29, 0.717) is 12.2 Å². The second-order valence-electron chi connectivity index (χ2n) is 9.43. The number of hydrogen-bond acceptors (Lipinski definition) is 6. The molecule has 1 aliphatic carbocycles. The summed E-state index contributed by atoms with van der Waals surface area (Å²) in [5.74, 6) is 0.702. The Balaban J connectivity index is 1.35. The summed E-state index contributed by atoms with van der Waals surface area (Å²) in [6.45, 7) is 1.70. The van der Waals surface area contributed by atoms with E-state index in [1.807, 2.05) is 42.7 Å². The van der Waals surface area contributed by atoms with E-state index in [1.165, 1.54) is 0 Å². The number of nitriles is 1. The molecule has 0 spiro atoms. The molecule has 0 saturated heterocycles. The number of ether oxygens (including phenoxy) is 1. The number of nitrogens with one attached hydrogen (secondary N) is 2. The number of hydrogen-bond donors (Lipinski definition) is 2. The lowest BCUT2D eigenvalue weighted by Crippen LogP contribution is -2.52. The van der Waals surface area contributed by atoms with Crippen molar-refractivity contribution in [1.82, 2.24) is 10.6 Å². The smallest absolute Gasteiger partial charge is 0.407 e. The molecular weight excluding hydrogens is 518 g/mol. The van der Waals surface area contributed by atoms with Gasteiger partial charge in [-0.2, -0.15) is 27.5 Å². The molecule has 1 heterocycles. The molecule has 0 bridgehead atoms. The van der Waals surface area contributed by atoms with Gasteiger partial charge < -0.3 is 15.4 Å². The number of thioether (sulfide) groups is 1. The van der Waals surface area contributed by atoms with E-state index >= 15 is 0 Å². The summed E-state index contributed by atoms with van der Waals surface area (Å²) in [6, 6.07) is 16.7. The van der Waals surface area contributed by atoms with Crippen LogP contribution in [0, 0.1) is 11.3 Å². The maximum absolute atomic E-state index is 13.2. The van der Waals surface area contributed by atoms with E-state index in [0.717, 1.165) is 40.8 Å². The number of alkyl carbamates (subject to hydrolysis) is 1. The third-order valence-corrected chi connectivity index (χ3v) is 9.95. The van der Waals surface area contributed by atoms with Crippen LogP contribution in [0.4, 0.5) is 4.79 Å². The van der Waals surface area contributed by atoms with E-state index in [4.69, 9.17) is 4.74 Å². The Morgan fingerprint density at radius 1 is 1.11 bits per heavy atom. The predicted molar refractivity (Wildman–Crippen MR) is 155 cm³/mol. The second-order valence-corrected chi connectivity index (χ2v) is 12.6. The Labute approximate surface area is 230 Å². The molecule has 2 unspecified atom stereocenters. The lowest BCUT2D eigenvalue weighted by Gasteiger charge is -2.23. The van der Waals surface area contributed by atoms with Gasteiger partial charge in [-0.25, -0.2) is 4.79 Å². The number of benzene rings is 2. The van der Waals surface area contributed by atoms with Crippen molar-refractivity contribution in [3.63, 3.8) is 0 Å². The van der Waals surface area contributed by atoms with Crippen LogP contribution < -0.4 is 10.6 Å². The van der Waals surface area contributed by atoms with Crippen molar-refractivity contribution in [2.75, 3.05) is 24.4 Å². The van der Waals surface area contributed by atoms with Crippen LogP contribution in [0.3, 0.4) is 0 Å². The topological polar surface area (TPSA) is 108 Å². The van der Waals surface area contributed by atoms with Crippen molar-refractivity contribution in [2.45, 2.75) is 49.4 Å². The summed E-state index contributed by atoms with van der Waals surface area (Å²) in [7, 11) is -0.375. The van der Waals surface area contributed by atoms with E-state index in [9.17, 15) is 19.6 Å². The Hall–Kier alpha value is -3.09. The molecule has 4 atom stereocenters. The zero-order valence-electron chi connectivity index (χ0n) is 21.6. The minimum atomic E-state index is -0.906. The molecule has 200 valence electrons. The fraction of sp³-hybridized carbons (Fsp3) is 0.414. The molecule has 38 heavy (non-hydrogen) atoms. The molecule has 2 N–H and O–H groups in total. The number of nitrogens with zero attached hydrogens (tertiary/aromatic N) is 1. The lowest BCUT2D eigenvalue weighted by molar-refractivity contribution is -0.128. The largest absolute Gasteiger partial charge is 0.449 e. The molecule has 1 aliphatic heterocycles. The first kappa shape index (κ1) is 27.9. The maximum Gasteiger partial charge on any atom is 0.407 e. The molecule has 0 fully saturated rings. The standard InChI is InChI=1S/C29H33N3O4S2/c1-19(28(34)32-25(13-14-37-2)27(33)26(17-30)38-15-7-8-16-38)31-29(35)36-18-24-22-11-5-3-9-20(22)21-10-4-6-12-23(21)24/h3-6,9-12,15,19,24-26H,7-8,13-14,16,18H2,1-2H3,(H,31,35)(H,32,34)/t19-,25-,26?,38?/m0/s1. The van der Waals surface area contributed by atoms with Crippen LogP contribution in [-0.2, 0) is 14.3 Å². The van der Waals surface area contributed by atoms with Gasteiger partial charge in [0, 0.05) is 5.92 Å². The number of ketones is 1. The van der Waals surface area contributed by atoms with Crippen molar-refractivity contribution in [1.29, 1.82) is 5.26 Å². The van der Waals surface area contributed by atoms with Gasteiger partial charge in [0.15, 0.2) is 5.78 Å². The number of carbonyl (C=O) groups is 3. The normalized spacial score (nSPS) is 18.2. The van der Waals surface area contributed by atoms with Gasteiger partial charge in [-0.15, -0.1) is 0 Å². The summed E-state index contributed by atoms with van der Waals surface area (Å²) < 4.78 is 5.55. The van der Waals surface area contributed by atoms with Crippen LogP contribution in [-0.4, -0.2) is 64.9 Å². The Bertz CT molecular complexity index is 1230. The molecule has 2 aromatic rings. The van der Waals surface area contributed by atoms with Crippen molar-refractivity contribution in [3.05, 3.63) is 59.7 Å². The van der Waals surface area contributed by atoms with Crippen molar-refractivity contribution in [2.24, 2.45) is 0 Å². The van der Waals surface area contributed by atoms with Crippen LogP contribution in [0.15, 0.2) is 48.5 Å². The summed E-state index contributed by atoms with van der Waals surface area (Å²) in [5, 5.41) is 16.4. The fourth-order valence-electron chi connectivity index (χ4n) is 4.95. The van der Waals surface area contributed by atoms with Gasteiger partial charge in [0.2, 0.25) is 5.91 Å². The van der Waals surface area contributed by atoms with Gasteiger partial charge in [0.1, 0.15) is 17.9 Å². The van der Waals surface area contributed by atoms with E-state index in [-0.39, 0.29) is 28.8 Å². The van der Waals surface area contributed by atoms with Gasteiger partial charge >= 0.3 is 6.09 Å². The Kier molecular flexibility index (Phi) is 9.64. The molecule has 2 aromatic carbocycles. The summed E-state index contributed by atoms with van der Waals surface area (Å²) in [6.07, 6.45) is 3.56. The third-order valence-electron chi connectivity index (χ3n) is 6.94. The lowest BCUT2D eigenvalue weighted by atomic mass is 9.98. The number of Topliss-reactive ketones (excluding diaryl/α,β-unsaturated/α-hetero) is 1. The highest BCUT2D eigenvalue weighted by atomic mass is 32.2. The summed E-state index contributed by atoms with van der Waals surface area (Å²) in [5.41, 5.74) is 4.49. The zero-order valence-corrected chi connectivity index (χ0v) is 23.3. The zero-order chi connectivity index (χ0) is 27.1. The average Bonchev–Trinajstić information content (AvgIpc) is 3.57. The molecule has 7 nitrogen and oxygen atoms in total. The average molecular weight is 552 g/mol.